The second kappa shape index (κ2) is 4.95. The molecule has 2 N–H and O–H groups in total. The molecule has 2 heteroatoms. The molecule has 0 saturated carbocycles. The number of ether oxygens (including phenoxy) is 1. The van der Waals surface area contributed by atoms with Crippen molar-refractivity contribution in [3.63, 3.8) is 0 Å². The van der Waals surface area contributed by atoms with Crippen LogP contribution in [0.5, 0.6) is 5.75 Å². The van der Waals surface area contributed by atoms with Gasteiger partial charge in [0.15, 0.2) is 0 Å². The first kappa shape index (κ1) is 13.2. The zero-order valence-electron chi connectivity index (χ0n) is 12.1. The van der Waals surface area contributed by atoms with Crippen LogP contribution in [0.1, 0.15) is 36.1 Å². The highest BCUT2D eigenvalue weighted by Gasteiger charge is 2.30. The Labute approximate surface area is 120 Å². The van der Waals surface area contributed by atoms with Gasteiger partial charge in [-0.25, -0.2) is 0 Å². The van der Waals surface area contributed by atoms with Crippen LogP contribution in [0.3, 0.4) is 0 Å². The van der Waals surface area contributed by atoms with Gasteiger partial charge in [0, 0.05) is 12.0 Å². The molecule has 0 bridgehead atoms. The molecule has 1 atom stereocenters. The summed E-state index contributed by atoms with van der Waals surface area (Å²) in [7, 11) is 0. The molecular weight excluding hydrogens is 246 g/mol. The van der Waals surface area contributed by atoms with E-state index < -0.39 is 5.54 Å². The summed E-state index contributed by atoms with van der Waals surface area (Å²) >= 11 is 0. The van der Waals surface area contributed by atoms with E-state index in [2.05, 4.69) is 56.3 Å². The van der Waals surface area contributed by atoms with Gasteiger partial charge in [0.1, 0.15) is 5.75 Å². The molecular formula is C18H21NO. The maximum Gasteiger partial charge on any atom is 0.128 e. The molecule has 1 unspecified atom stereocenters. The first-order valence-corrected chi connectivity index (χ1v) is 7.26. The number of hydrogen-bond acceptors (Lipinski definition) is 2. The number of para-hydroxylation sites is 1. The predicted molar refractivity (Wildman–Crippen MR) is 82.1 cm³/mol. The van der Waals surface area contributed by atoms with Crippen LogP contribution >= 0.6 is 0 Å². The van der Waals surface area contributed by atoms with Crippen LogP contribution in [0.25, 0.3) is 0 Å². The fourth-order valence-electron chi connectivity index (χ4n) is 2.87. The molecule has 3 rings (SSSR count). The second-order valence-electron chi connectivity index (χ2n) is 5.65. The summed E-state index contributed by atoms with van der Waals surface area (Å²) in [6.07, 6.45) is 2.03. The number of fused-ring (bicyclic) bond motifs is 1. The topological polar surface area (TPSA) is 35.2 Å². The Bertz CT molecular complexity index is 614. The Balaban J connectivity index is 2.05. The van der Waals surface area contributed by atoms with Crippen molar-refractivity contribution >= 4 is 0 Å². The molecule has 0 spiro atoms. The van der Waals surface area contributed by atoms with Crippen molar-refractivity contribution in [2.24, 2.45) is 5.73 Å². The number of nitrogens with two attached hydrogens (primary N) is 1. The first-order valence-electron chi connectivity index (χ1n) is 7.26. The quantitative estimate of drug-likeness (QED) is 0.925. The molecule has 0 aromatic heterocycles. The van der Waals surface area contributed by atoms with Gasteiger partial charge in [0.05, 0.1) is 12.1 Å². The second-order valence-corrected chi connectivity index (χ2v) is 5.65. The van der Waals surface area contributed by atoms with Crippen molar-refractivity contribution in [3.8, 4) is 5.75 Å². The van der Waals surface area contributed by atoms with E-state index >= 15 is 0 Å². The zero-order valence-corrected chi connectivity index (χ0v) is 12.1. The first-order chi connectivity index (χ1) is 9.63. The van der Waals surface area contributed by atoms with Crippen LogP contribution in [0.4, 0.5) is 0 Å². The van der Waals surface area contributed by atoms with Crippen molar-refractivity contribution in [1.29, 1.82) is 0 Å². The number of aryl methyl sites for hydroxylation is 1. The highest BCUT2D eigenvalue weighted by Crippen LogP contribution is 2.38. The lowest BCUT2D eigenvalue weighted by molar-refractivity contribution is 0.347. The Hall–Kier alpha value is -1.80. The third kappa shape index (κ3) is 2.10. The van der Waals surface area contributed by atoms with E-state index in [0.717, 1.165) is 36.3 Å². The molecule has 0 radical (unpaired) electrons. The van der Waals surface area contributed by atoms with Crippen molar-refractivity contribution in [2.45, 2.75) is 32.2 Å². The van der Waals surface area contributed by atoms with Gasteiger partial charge in [-0.05, 0) is 30.0 Å². The summed E-state index contributed by atoms with van der Waals surface area (Å²) in [6, 6.07) is 14.9. The van der Waals surface area contributed by atoms with Crippen LogP contribution < -0.4 is 10.5 Å². The largest absolute Gasteiger partial charge is 0.493 e. The minimum Gasteiger partial charge on any atom is -0.493 e. The lowest BCUT2D eigenvalue weighted by atomic mass is 9.84. The summed E-state index contributed by atoms with van der Waals surface area (Å²) in [5, 5.41) is 0. The molecule has 2 aromatic carbocycles. The van der Waals surface area contributed by atoms with Crippen LogP contribution in [0.15, 0.2) is 42.5 Å². The lowest BCUT2D eigenvalue weighted by Gasteiger charge is -2.28. The van der Waals surface area contributed by atoms with Crippen molar-refractivity contribution < 1.29 is 4.74 Å². The monoisotopic (exact) mass is 267 g/mol. The lowest BCUT2D eigenvalue weighted by Crippen LogP contribution is -2.34. The number of rotatable bonds is 3. The zero-order chi connectivity index (χ0) is 14.2. The van der Waals surface area contributed by atoms with E-state index in [1.165, 1.54) is 11.1 Å². The summed E-state index contributed by atoms with van der Waals surface area (Å²) in [4.78, 5) is 0. The smallest absolute Gasteiger partial charge is 0.128 e. The standard InChI is InChI=1S/C18H21NO/c1-3-13-7-9-15(10-8-13)18(2,19)16-6-4-5-14-11-12-20-17(14)16/h4-10H,3,11-12,19H2,1-2H3. The predicted octanol–water partition coefficient (Wildman–Crippen LogP) is 3.41. The Morgan fingerprint density at radius 2 is 1.90 bits per heavy atom. The summed E-state index contributed by atoms with van der Waals surface area (Å²) in [5.74, 6) is 0.983. The Morgan fingerprint density at radius 3 is 2.60 bits per heavy atom. The van der Waals surface area contributed by atoms with Gasteiger partial charge in [-0.3, -0.25) is 0 Å². The maximum absolute atomic E-state index is 6.64. The molecule has 2 aromatic rings. The van der Waals surface area contributed by atoms with Crippen molar-refractivity contribution in [2.75, 3.05) is 6.61 Å². The van der Waals surface area contributed by atoms with Gasteiger partial charge in [-0.15, -0.1) is 0 Å². The maximum atomic E-state index is 6.64. The molecule has 0 aliphatic carbocycles. The molecule has 2 nitrogen and oxygen atoms in total. The van der Waals surface area contributed by atoms with Crippen LogP contribution in [-0.2, 0) is 18.4 Å². The third-order valence-electron chi connectivity index (χ3n) is 4.24. The van der Waals surface area contributed by atoms with Gasteiger partial charge in [-0.2, -0.15) is 0 Å². The molecule has 0 fully saturated rings. The van der Waals surface area contributed by atoms with Crippen LogP contribution in [0.2, 0.25) is 0 Å². The molecule has 20 heavy (non-hydrogen) atoms. The van der Waals surface area contributed by atoms with E-state index in [0.29, 0.717) is 0 Å². The molecule has 0 saturated heterocycles. The summed E-state index contributed by atoms with van der Waals surface area (Å²) < 4.78 is 5.80. The Morgan fingerprint density at radius 1 is 1.15 bits per heavy atom. The summed E-state index contributed by atoms with van der Waals surface area (Å²) in [5.41, 5.74) is 10.9. The minimum atomic E-state index is -0.526. The van der Waals surface area contributed by atoms with Gasteiger partial charge < -0.3 is 10.5 Å². The highest BCUT2D eigenvalue weighted by molar-refractivity contribution is 5.51. The van der Waals surface area contributed by atoms with E-state index in [1.54, 1.807) is 0 Å². The highest BCUT2D eigenvalue weighted by atomic mass is 16.5. The summed E-state index contributed by atoms with van der Waals surface area (Å²) in [6.45, 7) is 4.98. The fourth-order valence-corrected chi connectivity index (χ4v) is 2.87. The van der Waals surface area contributed by atoms with E-state index in [1.807, 2.05) is 0 Å². The van der Waals surface area contributed by atoms with E-state index in [4.69, 9.17) is 10.5 Å². The van der Waals surface area contributed by atoms with Crippen molar-refractivity contribution in [3.05, 3.63) is 64.7 Å². The van der Waals surface area contributed by atoms with Crippen LogP contribution in [0, 0.1) is 0 Å². The number of benzene rings is 2. The molecule has 104 valence electrons. The fraction of sp³-hybridized carbons (Fsp3) is 0.333. The number of hydrogen-bond donors (Lipinski definition) is 1. The molecule has 0 amide bonds. The van der Waals surface area contributed by atoms with Gasteiger partial charge in [0.2, 0.25) is 0 Å². The molecule has 1 aliphatic rings. The van der Waals surface area contributed by atoms with Gasteiger partial charge in [-0.1, -0.05) is 49.4 Å². The van der Waals surface area contributed by atoms with Gasteiger partial charge >= 0.3 is 0 Å². The molecule has 1 aliphatic heterocycles. The SMILES string of the molecule is CCc1ccc(C(C)(N)c2cccc3c2OCC3)cc1. The Kier molecular flexibility index (Phi) is 3.27. The average molecular weight is 267 g/mol. The average Bonchev–Trinajstić information content (AvgIpc) is 2.95. The third-order valence-corrected chi connectivity index (χ3v) is 4.24. The van der Waals surface area contributed by atoms with E-state index in [-0.39, 0.29) is 0 Å². The van der Waals surface area contributed by atoms with E-state index in [9.17, 15) is 0 Å². The molecule has 1 heterocycles. The van der Waals surface area contributed by atoms with Crippen molar-refractivity contribution in [1.82, 2.24) is 0 Å². The van der Waals surface area contributed by atoms with Crippen LogP contribution in [-0.4, -0.2) is 6.61 Å². The van der Waals surface area contributed by atoms with Gasteiger partial charge in [0.25, 0.3) is 0 Å². The normalized spacial score (nSPS) is 16.4. The minimum absolute atomic E-state index is 0.526.